The summed E-state index contributed by atoms with van der Waals surface area (Å²) in [7, 11) is 0. The molecule has 6 nitrogen and oxygen atoms in total. The molecule has 0 unspecified atom stereocenters. The number of rotatable bonds is 4. The highest BCUT2D eigenvalue weighted by molar-refractivity contribution is 6.13. The van der Waals surface area contributed by atoms with Gasteiger partial charge in [0.2, 0.25) is 5.95 Å². The van der Waals surface area contributed by atoms with E-state index in [2.05, 4.69) is 149 Å². The van der Waals surface area contributed by atoms with Crippen LogP contribution in [0.2, 0.25) is 0 Å². The van der Waals surface area contributed by atoms with Gasteiger partial charge in [0.05, 0.1) is 33.2 Å². The maximum absolute atomic E-state index is 7.22. The molecule has 0 aliphatic carbocycles. The Bertz CT molecular complexity index is 3110. The number of benzene rings is 8. The summed E-state index contributed by atoms with van der Waals surface area (Å²) in [6.45, 7) is 0. The van der Waals surface area contributed by atoms with Gasteiger partial charge in [-0.05, 0) is 53.6 Å². The first kappa shape index (κ1) is 32.4. The first-order valence-corrected chi connectivity index (χ1v) is 19.5. The summed E-state index contributed by atoms with van der Waals surface area (Å²) in [5.74, 6) is 3.41. The topological polar surface area (TPSA) is 56.1 Å². The van der Waals surface area contributed by atoms with Crippen LogP contribution < -0.4 is 9.64 Å². The lowest BCUT2D eigenvalue weighted by Gasteiger charge is -2.48. The minimum atomic E-state index is -0.700. The summed E-state index contributed by atoms with van der Waals surface area (Å²) in [6, 6.07) is 70.1. The Kier molecular flexibility index (Phi) is 7.04. The molecule has 2 aliphatic heterocycles. The van der Waals surface area contributed by atoms with E-state index in [-0.39, 0.29) is 0 Å². The van der Waals surface area contributed by atoms with Gasteiger partial charge in [-0.25, -0.2) is 4.98 Å². The number of fused-ring (bicyclic) bond motifs is 12. The molecular formula is C52H33N5O. The molecule has 0 fully saturated rings. The predicted molar refractivity (Wildman–Crippen MR) is 232 cm³/mol. The fourth-order valence-corrected chi connectivity index (χ4v) is 9.35. The Morgan fingerprint density at radius 3 is 1.60 bits per heavy atom. The van der Waals surface area contributed by atoms with Gasteiger partial charge in [-0.15, -0.1) is 0 Å². The van der Waals surface area contributed by atoms with Crippen LogP contribution in [0.25, 0.3) is 50.5 Å². The highest BCUT2D eigenvalue weighted by atomic mass is 16.5. The van der Waals surface area contributed by atoms with Crippen LogP contribution in [0.3, 0.4) is 0 Å². The van der Waals surface area contributed by atoms with Crippen LogP contribution in [0.1, 0.15) is 22.3 Å². The average Bonchev–Trinajstić information content (AvgIpc) is 3.65. The van der Waals surface area contributed by atoms with E-state index in [9.17, 15) is 0 Å². The van der Waals surface area contributed by atoms with Crippen LogP contribution in [-0.2, 0) is 5.41 Å². The van der Waals surface area contributed by atoms with Crippen molar-refractivity contribution >= 4 is 38.9 Å². The second kappa shape index (κ2) is 12.6. The van der Waals surface area contributed by atoms with Gasteiger partial charge in [-0.3, -0.25) is 4.57 Å². The molecule has 10 aromatic rings. The monoisotopic (exact) mass is 743 g/mol. The van der Waals surface area contributed by atoms with Gasteiger partial charge in [0.1, 0.15) is 11.5 Å². The van der Waals surface area contributed by atoms with Gasteiger partial charge in [0, 0.05) is 33.3 Å². The standard InChI is InChI=1S/C52H33N5O/c1-4-18-34(19-5-1)49-53-50(35-20-6-2-7-21-35)55-51(54-49)57-42-28-14-10-24-37(42)47-45(57)33-32-41-48(47)58-46-31-17-13-27-40(46)52(41)38-25-11-15-29-43(38)56(36-22-8-3-9-23-36)44-30-16-12-26-39(44)52/h1-33H. The lowest BCUT2D eigenvalue weighted by Crippen LogP contribution is -2.39. The van der Waals surface area contributed by atoms with E-state index in [0.29, 0.717) is 17.6 Å². The molecule has 0 bridgehead atoms. The van der Waals surface area contributed by atoms with Crippen molar-refractivity contribution in [3.8, 4) is 40.2 Å². The van der Waals surface area contributed by atoms with Gasteiger partial charge >= 0.3 is 0 Å². The van der Waals surface area contributed by atoms with Gasteiger partial charge in [0.25, 0.3) is 0 Å². The first-order chi connectivity index (χ1) is 28.8. The maximum Gasteiger partial charge on any atom is 0.238 e. The number of para-hydroxylation sites is 5. The van der Waals surface area contributed by atoms with Crippen molar-refractivity contribution in [1.29, 1.82) is 0 Å². The van der Waals surface area contributed by atoms with Gasteiger partial charge in [0.15, 0.2) is 11.6 Å². The summed E-state index contributed by atoms with van der Waals surface area (Å²) in [5.41, 5.74) is 11.0. The molecule has 8 aromatic carbocycles. The minimum absolute atomic E-state index is 0.539. The number of anilines is 3. The molecule has 4 heterocycles. The molecular weight excluding hydrogens is 711 g/mol. The molecule has 1 spiro atoms. The molecule has 272 valence electrons. The summed E-state index contributed by atoms with van der Waals surface area (Å²) in [4.78, 5) is 17.8. The highest BCUT2D eigenvalue weighted by Gasteiger charge is 2.51. The Balaban J connectivity index is 1.18. The van der Waals surface area contributed by atoms with E-state index in [0.717, 1.165) is 72.6 Å². The van der Waals surface area contributed by atoms with Crippen molar-refractivity contribution in [1.82, 2.24) is 19.5 Å². The van der Waals surface area contributed by atoms with E-state index in [1.807, 2.05) is 60.7 Å². The Morgan fingerprint density at radius 1 is 0.414 bits per heavy atom. The fourth-order valence-electron chi connectivity index (χ4n) is 9.35. The zero-order chi connectivity index (χ0) is 38.2. The number of hydrogen-bond donors (Lipinski definition) is 0. The summed E-state index contributed by atoms with van der Waals surface area (Å²) < 4.78 is 9.39. The quantitative estimate of drug-likeness (QED) is 0.180. The molecule has 12 rings (SSSR count). The van der Waals surface area contributed by atoms with Gasteiger partial charge < -0.3 is 9.64 Å². The molecule has 58 heavy (non-hydrogen) atoms. The van der Waals surface area contributed by atoms with Crippen molar-refractivity contribution < 1.29 is 4.74 Å². The van der Waals surface area contributed by atoms with Gasteiger partial charge in [-0.2, -0.15) is 9.97 Å². The molecule has 0 radical (unpaired) electrons. The molecule has 0 saturated carbocycles. The number of hydrogen-bond acceptors (Lipinski definition) is 5. The minimum Gasteiger partial charge on any atom is -0.456 e. The lowest BCUT2D eigenvalue weighted by atomic mass is 9.61. The van der Waals surface area contributed by atoms with Gasteiger partial charge in [-0.1, -0.05) is 158 Å². The molecule has 2 aliphatic rings. The van der Waals surface area contributed by atoms with Crippen LogP contribution in [0, 0.1) is 0 Å². The van der Waals surface area contributed by atoms with Crippen molar-refractivity contribution in [3.63, 3.8) is 0 Å². The zero-order valence-electron chi connectivity index (χ0n) is 31.2. The van der Waals surface area contributed by atoms with E-state index in [4.69, 9.17) is 19.7 Å². The Hall–Kier alpha value is -7.83. The SMILES string of the molecule is c1ccc(-c2nc(-c3ccccc3)nc(-n3c4ccccc4c4c5c(ccc43)C3(c4ccccc4O5)c4ccccc4N(c4ccccc4)c4ccccc43)n2)cc1. The predicted octanol–water partition coefficient (Wildman–Crippen LogP) is 12.6. The molecule has 2 aromatic heterocycles. The molecule has 6 heteroatoms. The van der Waals surface area contributed by atoms with E-state index in [1.54, 1.807) is 0 Å². The molecule has 0 amide bonds. The lowest BCUT2D eigenvalue weighted by molar-refractivity contribution is 0.439. The summed E-state index contributed by atoms with van der Waals surface area (Å²) in [5, 5.41) is 2.06. The third kappa shape index (κ3) is 4.57. The third-order valence-electron chi connectivity index (χ3n) is 11.7. The van der Waals surface area contributed by atoms with E-state index in [1.165, 1.54) is 11.1 Å². The first-order valence-electron chi connectivity index (χ1n) is 19.5. The van der Waals surface area contributed by atoms with Crippen LogP contribution >= 0.6 is 0 Å². The second-order valence-corrected chi connectivity index (χ2v) is 14.8. The largest absolute Gasteiger partial charge is 0.456 e. The zero-order valence-corrected chi connectivity index (χ0v) is 31.2. The van der Waals surface area contributed by atoms with Crippen molar-refractivity contribution in [2.75, 3.05) is 4.90 Å². The van der Waals surface area contributed by atoms with Crippen molar-refractivity contribution in [2.45, 2.75) is 5.41 Å². The normalized spacial score (nSPS) is 13.4. The molecule has 0 saturated heterocycles. The number of nitrogens with zero attached hydrogens (tertiary/aromatic N) is 5. The Labute approximate surface area is 334 Å². The smallest absolute Gasteiger partial charge is 0.238 e. The van der Waals surface area contributed by atoms with Crippen molar-refractivity contribution in [3.05, 3.63) is 222 Å². The molecule has 0 atom stereocenters. The fraction of sp³-hybridized carbons (Fsp3) is 0.0192. The summed E-state index contributed by atoms with van der Waals surface area (Å²) in [6.07, 6.45) is 0. The van der Waals surface area contributed by atoms with Crippen LogP contribution in [-0.4, -0.2) is 19.5 Å². The van der Waals surface area contributed by atoms with E-state index >= 15 is 0 Å². The van der Waals surface area contributed by atoms with Crippen LogP contribution in [0.15, 0.2) is 200 Å². The highest BCUT2D eigenvalue weighted by Crippen LogP contribution is 2.64. The average molecular weight is 744 g/mol. The van der Waals surface area contributed by atoms with Crippen LogP contribution in [0.5, 0.6) is 11.5 Å². The molecule has 0 N–H and O–H groups in total. The Morgan fingerprint density at radius 2 is 0.948 bits per heavy atom. The third-order valence-corrected chi connectivity index (χ3v) is 11.7. The van der Waals surface area contributed by atoms with Crippen LogP contribution in [0.4, 0.5) is 17.1 Å². The van der Waals surface area contributed by atoms with E-state index < -0.39 is 5.41 Å². The van der Waals surface area contributed by atoms with Crippen molar-refractivity contribution in [2.24, 2.45) is 0 Å². The summed E-state index contributed by atoms with van der Waals surface area (Å²) >= 11 is 0. The second-order valence-electron chi connectivity index (χ2n) is 14.8. The number of aromatic nitrogens is 4. The maximum atomic E-state index is 7.22. The number of ether oxygens (including phenoxy) is 1.